The Balaban J connectivity index is 2.24. The third-order valence-corrected chi connectivity index (χ3v) is 5.47. The number of hydrogen-bond acceptors (Lipinski definition) is 3. The van der Waals surface area contributed by atoms with E-state index in [4.69, 9.17) is 21.1 Å². The van der Waals surface area contributed by atoms with Crippen molar-refractivity contribution in [2.75, 3.05) is 7.11 Å². The number of methoxy groups -OCH3 is 1. The number of benzene rings is 1. The Morgan fingerprint density at radius 3 is 2.23 bits per heavy atom. The van der Waals surface area contributed by atoms with Gasteiger partial charge in [0.15, 0.2) is 23.2 Å². The van der Waals surface area contributed by atoms with Crippen molar-refractivity contribution in [3.63, 3.8) is 0 Å². The van der Waals surface area contributed by atoms with Gasteiger partial charge < -0.3 is 9.47 Å². The number of allylic oxidation sites excluding steroid dienone is 3. The quantitative estimate of drug-likeness (QED) is 0.224. The standard InChI is InChI=1S/C20H19ClF6O3/c1-5-6-9-14(22)15(23)10(17(29-4)16(9)24)8-30-18(28)13-11(19(13,2)3)7-12(21)20(25,26)27/h5,7,11,13H,1,6,8H2,2-4H3/t11-,13-/m0/s1. The largest absolute Gasteiger partial charge is 0.493 e. The van der Waals surface area contributed by atoms with Gasteiger partial charge in [0.2, 0.25) is 0 Å². The number of carbonyl (C=O) groups is 1. The number of ether oxygens (including phenoxy) is 2. The number of esters is 1. The summed E-state index contributed by atoms with van der Waals surface area (Å²) in [6, 6.07) is 0. The molecule has 0 amide bonds. The lowest BCUT2D eigenvalue weighted by Gasteiger charge is -2.15. The second kappa shape index (κ2) is 8.53. The molecule has 1 aliphatic rings. The number of hydrogen-bond donors (Lipinski definition) is 0. The zero-order valence-corrected chi connectivity index (χ0v) is 17.1. The van der Waals surface area contributed by atoms with Gasteiger partial charge in [0.25, 0.3) is 0 Å². The van der Waals surface area contributed by atoms with Crippen molar-refractivity contribution in [3.05, 3.63) is 52.3 Å². The van der Waals surface area contributed by atoms with E-state index < -0.39 is 75.4 Å². The first-order valence-corrected chi connectivity index (χ1v) is 9.11. The van der Waals surface area contributed by atoms with E-state index in [0.29, 0.717) is 0 Å². The van der Waals surface area contributed by atoms with Gasteiger partial charge in [-0.15, -0.1) is 6.58 Å². The van der Waals surface area contributed by atoms with Crippen molar-refractivity contribution in [1.29, 1.82) is 0 Å². The molecule has 0 spiro atoms. The first kappa shape index (κ1) is 24.1. The summed E-state index contributed by atoms with van der Waals surface area (Å²) < 4.78 is 90.7. The molecule has 0 aromatic heterocycles. The molecule has 0 aliphatic heterocycles. The van der Waals surface area contributed by atoms with Crippen molar-refractivity contribution >= 4 is 17.6 Å². The Hall–Kier alpha value is -2.16. The molecular weight excluding hydrogens is 438 g/mol. The topological polar surface area (TPSA) is 35.5 Å². The molecule has 0 radical (unpaired) electrons. The molecule has 0 bridgehead atoms. The molecule has 1 fully saturated rings. The van der Waals surface area contributed by atoms with Crippen molar-refractivity contribution in [3.8, 4) is 5.75 Å². The first-order chi connectivity index (χ1) is 13.8. The van der Waals surface area contributed by atoms with Crippen LogP contribution in [-0.2, 0) is 22.6 Å². The summed E-state index contributed by atoms with van der Waals surface area (Å²) in [5.74, 6) is -7.53. The van der Waals surface area contributed by atoms with Crippen LogP contribution >= 0.6 is 11.6 Å². The normalized spacial score (nSPS) is 20.7. The molecule has 0 N–H and O–H groups in total. The zero-order chi connectivity index (χ0) is 23.0. The molecule has 1 saturated carbocycles. The van der Waals surface area contributed by atoms with E-state index in [2.05, 4.69) is 6.58 Å². The summed E-state index contributed by atoms with van der Waals surface area (Å²) in [5, 5.41) is -1.37. The van der Waals surface area contributed by atoms with E-state index in [0.717, 1.165) is 13.2 Å². The fraction of sp³-hybridized carbons (Fsp3) is 0.450. The third kappa shape index (κ3) is 4.45. The molecule has 166 valence electrons. The summed E-state index contributed by atoms with van der Waals surface area (Å²) >= 11 is 5.23. The summed E-state index contributed by atoms with van der Waals surface area (Å²) in [5.41, 5.74) is -2.15. The molecule has 1 aromatic carbocycles. The monoisotopic (exact) mass is 456 g/mol. The second-order valence-electron chi connectivity index (χ2n) is 7.37. The van der Waals surface area contributed by atoms with Gasteiger partial charge in [-0.05, 0) is 17.8 Å². The Morgan fingerprint density at radius 2 is 1.73 bits per heavy atom. The molecule has 2 atom stereocenters. The Kier molecular flexibility index (Phi) is 6.85. The van der Waals surface area contributed by atoms with Crippen molar-refractivity contribution < 1.29 is 40.6 Å². The fourth-order valence-corrected chi connectivity index (χ4v) is 3.46. The van der Waals surface area contributed by atoms with Crippen LogP contribution in [-0.4, -0.2) is 19.3 Å². The first-order valence-electron chi connectivity index (χ1n) is 8.73. The maximum absolute atomic E-state index is 14.4. The van der Waals surface area contributed by atoms with Gasteiger partial charge in [0.1, 0.15) is 11.6 Å². The van der Waals surface area contributed by atoms with E-state index in [1.807, 2.05) is 0 Å². The number of alkyl halides is 3. The summed E-state index contributed by atoms with van der Waals surface area (Å²) in [6.07, 6.45) is -3.16. The number of carbonyl (C=O) groups excluding carboxylic acids is 1. The molecule has 30 heavy (non-hydrogen) atoms. The van der Waals surface area contributed by atoms with E-state index in [-0.39, 0.29) is 6.42 Å². The van der Waals surface area contributed by atoms with Gasteiger partial charge in [0, 0.05) is 5.56 Å². The van der Waals surface area contributed by atoms with Gasteiger partial charge in [-0.1, -0.05) is 37.6 Å². The van der Waals surface area contributed by atoms with Crippen molar-refractivity contribution in [1.82, 2.24) is 0 Å². The molecular formula is C20H19ClF6O3. The van der Waals surface area contributed by atoms with Crippen molar-refractivity contribution in [2.24, 2.45) is 17.3 Å². The maximum Gasteiger partial charge on any atom is 0.426 e. The van der Waals surface area contributed by atoms with Crippen LogP contribution in [0.2, 0.25) is 0 Å². The van der Waals surface area contributed by atoms with Crippen LogP contribution in [0.25, 0.3) is 0 Å². The average molecular weight is 457 g/mol. The van der Waals surface area contributed by atoms with Gasteiger partial charge in [-0.2, -0.15) is 13.2 Å². The van der Waals surface area contributed by atoms with Crippen LogP contribution in [0, 0.1) is 34.7 Å². The Morgan fingerprint density at radius 1 is 1.17 bits per heavy atom. The predicted octanol–water partition coefficient (Wildman–Crippen LogP) is 5.84. The SMILES string of the molecule is C=CCc1c(F)c(F)c(COC(=O)[C@@H]2[C@H](C=C(Cl)C(F)(F)F)C2(C)C)c(OC)c1F. The molecule has 0 unspecified atom stereocenters. The summed E-state index contributed by atoms with van der Waals surface area (Å²) in [6.45, 7) is 5.53. The van der Waals surface area contributed by atoms with Crippen LogP contribution in [0.5, 0.6) is 5.75 Å². The minimum absolute atomic E-state index is 0.296. The van der Waals surface area contributed by atoms with Crippen LogP contribution in [0.15, 0.2) is 23.8 Å². The summed E-state index contributed by atoms with van der Waals surface area (Å²) in [4.78, 5) is 12.3. The highest BCUT2D eigenvalue weighted by molar-refractivity contribution is 6.30. The molecule has 3 nitrogen and oxygen atoms in total. The van der Waals surface area contributed by atoms with Gasteiger partial charge in [-0.3, -0.25) is 4.79 Å². The lowest BCUT2D eigenvalue weighted by molar-refractivity contribution is -0.147. The smallest absolute Gasteiger partial charge is 0.426 e. The number of halogens is 7. The fourth-order valence-electron chi connectivity index (χ4n) is 3.32. The lowest BCUT2D eigenvalue weighted by atomic mass is 10.0. The molecule has 1 aliphatic carbocycles. The Labute approximate surface area is 174 Å². The van der Waals surface area contributed by atoms with Crippen LogP contribution in [0.3, 0.4) is 0 Å². The van der Waals surface area contributed by atoms with Crippen molar-refractivity contribution in [2.45, 2.75) is 33.1 Å². The highest BCUT2D eigenvalue weighted by Crippen LogP contribution is 2.60. The van der Waals surface area contributed by atoms with Crippen LogP contribution in [0.1, 0.15) is 25.0 Å². The third-order valence-electron chi connectivity index (χ3n) is 5.13. The predicted molar refractivity (Wildman–Crippen MR) is 97.3 cm³/mol. The van der Waals surface area contributed by atoms with E-state index in [1.165, 1.54) is 19.9 Å². The van der Waals surface area contributed by atoms with Crippen LogP contribution in [0.4, 0.5) is 26.3 Å². The van der Waals surface area contributed by atoms with E-state index >= 15 is 0 Å². The van der Waals surface area contributed by atoms with E-state index in [1.54, 1.807) is 0 Å². The summed E-state index contributed by atoms with van der Waals surface area (Å²) in [7, 11) is 1.03. The van der Waals surface area contributed by atoms with Gasteiger partial charge in [0.05, 0.1) is 18.6 Å². The maximum atomic E-state index is 14.4. The van der Waals surface area contributed by atoms with Gasteiger partial charge >= 0.3 is 12.1 Å². The van der Waals surface area contributed by atoms with E-state index in [9.17, 15) is 31.1 Å². The average Bonchev–Trinajstić information content (AvgIpc) is 3.19. The highest BCUT2D eigenvalue weighted by Gasteiger charge is 2.62. The second-order valence-corrected chi connectivity index (χ2v) is 7.78. The molecule has 1 aromatic rings. The molecule has 2 rings (SSSR count). The minimum atomic E-state index is -4.76. The zero-order valence-electron chi connectivity index (χ0n) is 16.3. The Bertz CT molecular complexity index is 892. The van der Waals surface area contributed by atoms with Gasteiger partial charge in [-0.25, -0.2) is 13.2 Å². The minimum Gasteiger partial charge on any atom is -0.493 e. The highest BCUT2D eigenvalue weighted by atomic mass is 35.5. The molecule has 0 heterocycles. The van der Waals surface area contributed by atoms with Crippen LogP contribution < -0.4 is 4.74 Å². The number of rotatable bonds is 7. The molecule has 0 saturated heterocycles. The lowest BCUT2D eigenvalue weighted by Crippen LogP contribution is -2.14. The molecule has 10 heteroatoms.